The molecule has 0 heterocycles. The first-order valence-electron chi connectivity index (χ1n) is 8.04. The van der Waals surface area contributed by atoms with E-state index in [4.69, 9.17) is 4.74 Å². The van der Waals surface area contributed by atoms with E-state index in [0.717, 1.165) is 12.2 Å². The third-order valence-electron chi connectivity index (χ3n) is 3.65. The number of nitrogens with zero attached hydrogens (tertiary/aromatic N) is 1. The first kappa shape index (κ1) is 18.1. The smallest absolute Gasteiger partial charge is 0.188 e. The molecular weight excluding hydrogens is 318 g/mol. The number of benzene rings is 2. The van der Waals surface area contributed by atoms with Crippen LogP contribution in [-0.2, 0) is 0 Å². The number of ether oxygens (including phenoxy) is 1. The summed E-state index contributed by atoms with van der Waals surface area (Å²) in [4.78, 5) is 16.6. The second-order valence-electron chi connectivity index (χ2n) is 6.01. The monoisotopic (exact) mass is 339 g/mol. The summed E-state index contributed by atoms with van der Waals surface area (Å²) in [6, 6.07) is 16.2. The number of hydrogen-bond acceptors (Lipinski definition) is 4. The van der Waals surface area contributed by atoms with Crippen molar-refractivity contribution in [3.8, 4) is 11.5 Å². The molecule has 0 N–H and O–H groups in total. The molecule has 124 valence electrons. The minimum absolute atomic E-state index is 0.0285. The highest BCUT2D eigenvalue weighted by Crippen LogP contribution is 2.22. The van der Waals surface area contributed by atoms with E-state index in [-0.39, 0.29) is 5.78 Å². The molecule has 0 saturated carbocycles. The average molecular weight is 339 g/mol. The summed E-state index contributed by atoms with van der Waals surface area (Å²) in [5, 5.41) is 2.35. The number of hydrogen-bond donors (Lipinski definition) is 0. The van der Waals surface area contributed by atoms with E-state index in [1.807, 2.05) is 30.3 Å². The molecule has 1 atom stereocenters. The molecule has 0 amide bonds. The largest absolute Gasteiger partial charge is 0.457 e. The second kappa shape index (κ2) is 9.11. The predicted octanol–water partition coefficient (Wildman–Crippen LogP) is 5.57. The van der Waals surface area contributed by atoms with Gasteiger partial charge in [0.1, 0.15) is 17.5 Å². The Bertz CT molecular complexity index is 704. The quantitative estimate of drug-likeness (QED) is 0.358. The number of para-hydroxylation sites is 1. The van der Waals surface area contributed by atoms with Crippen LogP contribution >= 0.6 is 12.2 Å². The van der Waals surface area contributed by atoms with Crippen molar-refractivity contribution in [1.82, 2.24) is 0 Å². The SMILES string of the molecule is CC(C)CCC(N=C=S)C(=O)c1ccc(Oc2ccccc2)cc1. The zero-order chi connectivity index (χ0) is 17.4. The van der Waals surface area contributed by atoms with Crippen molar-refractivity contribution in [2.75, 3.05) is 0 Å². The van der Waals surface area contributed by atoms with Crippen LogP contribution in [0.2, 0.25) is 0 Å². The molecule has 0 bridgehead atoms. The molecule has 2 aromatic carbocycles. The molecule has 0 aliphatic carbocycles. The number of aliphatic imine (C=N–C) groups is 1. The van der Waals surface area contributed by atoms with Crippen LogP contribution in [0.15, 0.2) is 59.6 Å². The van der Waals surface area contributed by atoms with Gasteiger partial charge in [-0.3, -0.25) is 4.79 Å². The Balaban J connectivity index is 2.07. The highest BCUT2D eigenvalue weighted by molar-refractivity contribution is 7.78. The van der Waals surface area contributed by atoms with Gasteiger partial charge < -0.3 is 4.74 Å². The molecule has 0 radical (unpaired) electrons. The summed E-state index contributed by atoms with van der Waals surface area (Å²) in [7, 11) is 0. The fourth-order valence-electron chi connectivity index (χ4n) is 2.31. The lowest BCUT2D eigenvalue weighted by Crippen LogP contribution is -2.19. The molecule has 1 unspecified atom stereocenters. The Labute approximate surface area is 148 Å². The number of ketones is 1. The maximum Gasteiger partial charge on any atom is 0.188 e. The number of carbonyl (C=O) groups is 1. The lowest BCUT2D eigenvalue weighted by molar-refractivity contribution is 0.0956. The van der Waals surface area contributed by atoms with E-state index in [2.05, 4.69) is 36.2 Å². The minimum atomic E-state index is -0.453. The Morgan fingerprint density at radius 1 is 1.04 bits per heavy atom. The summed E-state index contributed by atoms with van der Waals surface area (Å²) in [6.07, 6.45) is 1.61. The van der Waals surface area contributed by atoms with E-state index in [1.54, 1.807) is 24.3 Å². The number of thiocarbonyl (C=S) groups is 1. The summed E-state index contributed by atoms with van der Waals surface area (Å²) >= 11 is 4.68. The first-order chi connectivity index (χ1) is 11.6. The van der Waals surface area contributed by atoms with Gasteiger partial charge in [-0.05, 0) is 67.4 Å². The van der Waals surface area contributed by atoms with Gasteiger partial charge in [-0.25, -0.2) is 4.99 Å². The van der Waals surface area contributed by atoms with Crippen molar-refractivity contribution < 1.29 is 9.53 Å². The van der Waals surface area contributed by atoms with Crippen LogP contribution in [0, 0.1) is 5.92 Å². The average Bonchev–Trinajstić information content (AvgIpc) is 2.59. The molecule has 0 spiro atoms. The van der Waals surface area contributed by atoms with E-state index in [1.165, 1.54) is 0 Å². The topological polar surface area (TPSA) is 38.7 Å². The van der Waals surface area contributed by atoms with Crippen LogP contribution in [0.4, 0.5) is 0 Å². The second-order valence-corrected chi connectivity index (χ2v) is 6.19. The van der Waals surface area contributed by atoms with Crippen LogP contribution in [0.1, 0.15) is 37.0 Å². The van der Waals surface area contributed by atoms with Gasteiger partial charge in [0.15, 0.2) is 5.78 Å². The highest BCUT2D eigenvalue weighted by Gasteiger charge is 2.19. The molecule has 2 aromatic rings. The van der Waals surface area contributed by atoms with Crippen LogP contribution in [0.3, 0.4) is 0 Å². The van der Waals surface area contributed by atoms with Crippen LogP contribution in [0.5, 0.6) is 11.5 Å². The molecule has 0 aliphatic heterocycles. The maximum atomic E-state index is 12.6. The standard InChI is InChI=1S/C20H21NO2S/c1-15(2)8-13-19(21-14-24)20(22)16-9-11-18(12-10-16)23-17-6-4-3-5-7-17/h3-7,9-12,15,19H,8,13H2,1-2H3. The van der Waals surface area contributed by atoms with E-state index in [9.17, 15) is 4.79 Å². The number of Topliss-reactive ketones (excluding diaryl/α,β-unsaturated/α-hetero) is 1. The number of rotatable bonds is 8. The van der Waals surface area contributed by atoms with Crippen molar-refractivity contribution >= 4 is 23.2 Å². The summed E-state index contributed by atoms with van der Waals surface area (Å²) in [5.74, 6) is 1.94. The van der Waals surface area contributed by atoms with Gasteiger partial charge >= 0.3 is 0 Å². The van der Waals surface area contributed by atoms with Gasteiger partial charge in [0.2, 0.25) is 0 Å². The van der Waals surface area contributed by atoms with Crippen molar-refractivity contribution in [1.29, 1.82) is 0 Å². The Hall–Kier alpha value is -2.29. The molecule has 2 rings (SSSR count). The lowest BCUT2D eigenvalue weighted by Gasteiger charge is -2.12. The normalized spacial score (nSPS) is 11.6. The van der Waals surface area contributed by atoms with E-state index >= 15 is 0 Å². The highest BCUT2D eigenvalue weighted by atomic mass is 32.1. The van der Waals surface area contributed by atoms with E-state index in [0.29, 0.717) is 23.7 Å². The molecule has 0 aliphatic rings. The number of isothiocyanates is 1. The number of carbonyl (C=O) groups excluding carboxylic acids is 1. The van der Waals surface area contributed by atoms with E-state index < -0.39 is 6.04 Å². The lowest BCUT2D eigenvalue weighted by atomic mass is 9.97. The van der Waals surface area contributed by atoms with Crippen LogP contribution in [0.25, 0.3) is 0 Å². The summed E-state index contributed by atoms with van der Waals surface area (Å²) in [6.45, 7) is 4.25. The van der Waals surface area contributed by atoms with Crippen LogP contribution in [-0.4, -0.2) is 17.0 Å². The van der Waals surface area contributed by atoms with Gasteiger partial charge in [0.05, 0.1) is 5.16 Å². The zero-order valence-corrected chi connectivity index (χ0v) is 14.8. The third kappa shape index (κ3) is 5.41. The van der Waals surface area contributed by atoms with Crippen molar-refractivity contribution in [3.05, 3.63) is 60.2 Å². The van der Waals surface area contributed by atoms with Gasteiger partial charge in [-0.15, -0.1) is 0 Å². The maximum absolute atomic E-state index is 12.6. The summed E-state index contributed by atoms with van der Waals surface area (Å²) in [5.41, 5.74) is 0.609. The predicted molar refractivity (Wildman–Crippen MR) is 100 cm³/mol. The van der Waals surface area contributed by atoms with Crippen molar-refractivity contribution in [3.63, 3.8) is 0 Å². The van der Waals surface area contributed by atoms with Gasteiger partial charge in [-0.2, -0.15) is 0 Å². The molecule has 0 aromatic heterocycles. The van der Waals surface area contributed by atoms with Crippen LogP contribution < -0.4 is 4.74 Å². The fourth-order valence-corrected chi connectivity index (χ4v) is 2.44. The Morgan fingerprint density at radius 2 is 1.67 bits per heavy atom. The first-order valence-corrected chi connectivity index (χ1v) is 8.45. The molecule has 0 saturated heterocycles. The minimum Gasteiger partial charge on any atom is -0.457 e. The molecule has 4 heteroatoms. The van der Waals surface area contributed by atoms with Crippen molar-refractivity contribution in [2.24, 2.45) is 10.9 Å². The van der Waals surface area contributed by atoms with Gasteiger partial charge in [-0.1, -0.05) is 32.0 Å². The third-order valence-corrected chi connectivity index (χ3v) is 3.75. The molecule has 24 heavy (non-hydrogen) atoms. The van der Waals surface area contributed by atoms with Gasteiger partial charge in [0.25, 0.3) is 0 Å². The van der Waals surface area contributed by atoms with Gasteiger partial charge in [0, 0.05) is 5.56 Å². The Morgan fingerprint density at radius 3 is 2.25 bits per heavy atom. The van der Waals surface area contributed by atoms with Crippen molar-refractivity contribution in [2.45, 2.75) is 32.7 Å². The molecular formula is C20H21NO2S. The zero-order valence-electron chi connectivity index (χ0n) is 13.9. The molecule has 0 fully saturated rings. The molecule has 3 nitrogen and oxygen atoms in total. The Kier molecular flexibility index (Phi) is 6.86. The fraction of sp³-hybridized carbons (Fsp3) is 0.300. The summed E-state index contributed by atoms with van der Waals surface area (Å²) < 4.78 is 5.74.